The predicted octanol–water partition coefficient (Wildman–Crippen LogP) is 9.39. The molecule has 0 aliphatic heterocycles. The first-order chi connectivity index (χ1) is 16.1. The third-order valence-electron chi connectivity index (χ3n) is 6.65. The van der Waals surface area contributed by atoms with Gasteiger partial charge in [-0.25, -0.2) is 0 Å². The zero-order chi connectivity index (χ0) is 24.4. The molecule has 0 aliphatic carbocycles. The predicted molar refractivity (Wildman–Crippen MR) is 140 cm³/mol. The molecule has 1 unspecified atom stereocenters. The van der Waals surface area contributed by atoms with Crippen molar-refractivity contribution in [3.63, 3.8) is 0 Å². The number of aliphatic carboxylic acids is 1. The Kier molecular flexibility index (Phi) is 24.7. The maximum absolute atomic E-state index is 12.0. The number of hydrogen-bond donors (Lipinski definition) is 1. The van der Waals surface area contributed by atoms with Crippen LogP contribution in [-0.2, 0) is 14.3 Å². The fraction of sp³-hybridized carbons (Fsp3) is 0.931. The van der Waals surface area contributed by atoms with Crippen LogP contribution in [0, 0.1) is 0 Å². The Labute approximate surface area is 205 Å². The summed E-state index contributed by atoms with van der Waals surface area (Å²) in [6, 6.07) is 0. The molecule has 0 aliphatic rings. The molecular formula is C29H56O4. The van der Waals surface area contributed by atoms with Crippen molar-refractivity contribution < 1.29 is 19.4 Å². The van der Waals surface area contributed by atoms with Crippen LogP contribution in [0.1, 0.15) is 168 Å². The summed E-state index contributed by atoms with van der Waals surface area (Å²) < 4.78 is 5.49. The molecule has 0 spiro atoms. The van der Waals surface area contributed by atoms with E-state index >= 15 is 0 Å². The molecular weight excluding hydrogens is 412 g/mol. The van der Waals surface area contributed by atoms with Crippen molar-refractivity contribution in [3.05, 3.63) is 0 Å². The monoisotopic (exact) mass is 468 g/mol. The van der Waals surface area contributed by atoms with Gasteiger partial charge in [0, 0.05) is 12.8 Å². The van der Waals surface area contributed by atoms with Crippen molar-refractivity contribution in [2.75, 3.05) is 0 Å². The van der Waals surface area contributed by atoms with Gasteiger partial charge in [0.1, 0.15) is 6.10 Å². The minimum atomic E-state index is -0.787. The number of unbranched alkanes of at least 4 members (excludes halogenated alkanes) is 18. The van der Waals surface area contributed by atoms with Crippen LogP contribution >= 0.6 is 0 Å². The minimum Gasteiger partial charge on any atom is -0.481 e. The van der Waals surface area contributed by atoms with Crippen molar-refractivity contribution in [1.82, 2.24) is 0 Å². The summed E-state index contributed by atoms with van der Waals surface area (Å²) >= 11 is 0. The molecule has 4 nitrogen and oxygen atoms in total. The molecule has 1 N–H and O–H groups in total. The van der Waals surface area contributed by atoms with E-state index in [-0.39, 0.29) is 18.5 Å². The van der Waals surface area contributed by atoms with Gasteiger partial charge in [0.15, 0.2) is 0 Å². The van der Waals surface area contributed by atoms with Gasteiger partial charge in [-0.1, -0.05) is 129 Å². The summed E-state index contributed by atoms with van der Waals surface area (Å²) in [6.45, 7) is 4.26. The van der Waals surface area contributed by atoms with E-state index in [4.69, 9.17) is 9.84 Å². The van der Waals surface area contributed by atoms with E-state index in [1.54, 1.807) is 0 Å². The summed E-state index contributed by atoms with van der Waals surface area (Å²) in [6.07, 6.45) is 28.1. The molecule has 0 heterocycles. The second kappa shape index (κ2) is 25.6. The second-order valence-electron chi connectivity index (χ2n) is 9.92. The first-order valence-corrected chi connectivity index (χ1v) is 14.5. The second-order valence-corrected chi connectivity index (χ2v) is 9.92. The Hall–Kier alpha value is -1.06. The van der Waals surface area contributed by atoms with E-state index in [9.17, 15) is 9.59 Å². The van der Waals surface area contributed by atoms with Crippen LogP contribution in [0.3, 0.4) is 0 Å². The highest BCUT2D eigenvalue weighted by Gasteiger charge is 2.13. The molecule has 0 rings (SSSR count). The van der Waals surface area contributed by atoms with E-state index in [2.05, 4.69) is 6.92 Å². The van der Waals surface area contributed by atoms with Crippen LogP contribution in [0.15, 0.2) is 0 Å². The Morgan fingerprint density at radius 2 is 0.970 bits per heavy atom. The molecule has 0 aromatic heterocycles. The number of hydrogen-bond acceptors (Lipinski definition) is 3. The average Bonchev–Trinajstić information content (AvgIpc) is 2.79. The number of carboxylic acids is 1. The molecule has 4 heteroatoms. The lowest BCUT2D eigenvalue weighted by atomic mass is 10.0. The van der Waals surface area contributed by atoms with Crippen molar-refractivity contribution in [2.24, 2.45) is 0 Å². The summed E-state index contributed by atoms with van der Waals surface area (Å²) in [4.78, 5) is 22.5. The van der Waals surface area contributed by atoms with Crippen LogP contribution in [0.25, 0.3) is 0 Å². The third kappa shape index (κ3) is 25.4. The molecule has 0 bridgehead atoms. The van der Waals surface area contributed by atoms with Gasteiger partial charge < -0.3 is 9.84 Å². The summed E-state index contributed by atoms with van der Waals surface area (Å²) in [5.74, 6) is -0.908. The minimum absolute atomic E-state index is 0.121. The fourth-order valence-electron chi connectivity index (χ4n) is 4.42. The smallest absolute Gasteiger partial charge is 0.306 e. The highest BCUT2D eigenvalue weighted by atomic mass is 16.5. The van der Waals surface area contributed by atoms with Gasteiger partial charge in [-0.2, -0.15) is 0 Å². The lowest BCUT2D eigenvalue weighted by molar-refractivity contribution is -0.149. The van der Waals surface area contributed by atoms with Crippen LogP contribution in [0.5, 0.6) is 0 Å². The van der Waals surface area contributed by atoms with E-state index in [0.717, 1.165) is 19.3 Å². The van der Waals surface area contributed by atoms with E-state index < -0.39 is 5.97 Å². The third-order valence-corrected chi connectivity index (χ3v) is 6.65. The van der Waals surface area contributed by atoms with Gasteiger partial charge in [0.2, 0.25) is 0 Å². The number of carbonyl (C=O) groups excluding carboxylic acids is 1. The topological polar surface area (TPSA) is 63.6 Å². The van der Waals surface area contributed by atoms with Crippen molar-refractivity contribution in [2.45, 2.75) is 174 Å². The number of carboxylic acid groups (broad SMARTS) is 1. The van der Waals surface area contributed by atoms with Gasteiger partial charge in [0.25, 0.3) is 0 Å². The maximum Gasteiger partial charge on any atom is 0.306 e. The molecule has 196 valence electrons. The van der Waals surface area contributed by atoms with Crippen LogP contribution in [0.2, 0.25) is 0 Å². The first kappa shape index (κ1) is 31.9. The lowest BCUT2D eigenvalue weighted by Gasteiger charge is -2.15. The molecule has 0 radical (unpaired) electrons. The summed E-state index contributed by atoms with van der Waals surface area (Å²) in [7, 11) is 0. The number of esters is 1. The summed E-state index contributed by atoms with van der Waals surface area (Å²) in [5.41, 5.74) is 0. The molecule has 0 amide bonds. The Balaban J connectivity index is 3.30. The average molecular weight is 469 g/mol. The van der Waals surface area contributed by atoms with Crippen molar-refractivity contribution in [3.8, 4) is 0 Å². The normalized spacial score (nSPS) is 12.1. The van der Waals surface area contributed by atoms with Gasteiger partial charge in [-0.05, 0) is 25.7 Å². The number of carbonyl (C=O) groups is 2. The van der Waals surface area contributed by atoms with E-state index in [1.807, 2.05) is 6.92 Å². The highest BCUT2D eigenvalue weighted by molar-refractivity contribution is 5.69. The van der Waals surface area contributed by atoms with Crippen LogP contribution in [0.4, 0.5) is 0 Å². The largest absolute Gasteiger partial charge is 0.481 e. The van der Waals surface area contributed by atoms with Crippen molar-refractivity contribution in [1.29, 1.82) is 0 Å². The Morgan fingerprint density at radius 1 is 0.576 bits per heavy atom. The molecule has 33 heavy (non-hydrogen) atoms. The zero-order valence-corrected chi connectivity index (χ0v) is 22.2. The molecule has 0 saturated heterocycles. The van der Waals surface area contributed by atoms with Gasteiger partial charge in [-0.15, -0.1) is 0 Å². The number of rotatable bonds is 26. The fourth-order valence-corrected chi connectivity index (χ4v) is 4.42. The zero-order valence-electron chi connectivity index (χ0n) is 22.2. The SMILES string of the molecule is CCCCCCCCCCCCCCCCCCCCCC(=O)OC(CC)CCCC(=O)O. The quantitative estimate of drug-likeness (QED) is 0.101. The lowest BCUT2D eigenvalue weighted by Crippen LogP contribution is -2.17. The Morgan fingerprint density at radius 3 is 1.33 bits per heavy atom. The standard InChI is InChI=1S/C29H56O4/c1-3-5-6-7-8-9-10-11-12-13-14-15-16-17-18-19-20-21-22-26-29(32)33-27(4-2)24-23-25-28(30)31/h27H,3-26H2,1-2H3,(H,30,31). The molecule has 0 saturated carbocycles. The maximum atomic E-state index is 12.0. The van der Waals surface area contributed by atoms with Crippen LogP contribution in [-0.4, -0.2) is 23.1 Å². The molecule has 1 atom stereocenters. The Bertz CT molecular complexity index is 435. The molecule has 0 aromatic rings. The molecule has 0 aromatic carbocycles. The van der Waals surface area contributed by atoms with Crippen LogP contribution < -0.4 is 0 Å². The van der Waals surface area contributed by atoms with Gasteiger partial charge in [0.05, 0.1) is 0 Å². The van der Waals surface area contributed by atoms with Crippen molar-refractivity contribution >= 4 is 11.9 Å². The summed E-state index contributed by atoms with van der Waals surface area (Å²) in [5, 5.41) is 8.70. The molecule has 0 fully saturated rings. The highest BCUT2D eigenvalue weighted by Crippen LogP contribution is 2.15. The van der Waals surface area contributed by atoms with E-state index in [0.29, 0.717) is 19.3 Å². The van der Waals surface area contributed by atoms with E-state index in [1.165, 1.54) is 109 Å². The number of ether oxygens (including phenoxy) is 1. The van der Waals surface area contributed by atoms with Gasteiger partial charge >= 0.3 is 11.9 Å². The first-order valence-electron chi connectivity index (χ1n) is 14.5. The van der Waals surface area contributed by atoms with Gasteiger partial charge in [-0.3, -0.25) is 9.59 Å².